The summed E-state index contributed by atoms with van der Waals surface area (Å²) in [7, 11) is 3.90. The van der Waals surface area contributed by atoms with Crippen molar-refractivity contribution in [3.05, 3.63) is 18.0 Å². The number of nitrogens with zero attached hydrogens (tertiary/aromatic N) is 3. The fourth-order valence-electron chi connectivity index (χ4n) is 3.28. The summed E-state index contributed by atoms with van der Waals surface area (Å²) in [5, 5.41) is 13.8. The highest BCUT2D eigenvalue weighted by Gasteiger charge is 2.39. The first-order valence-corrected chi connectivity index (χ1v) is 7.41. The minimum absolute atomic E-state index is 0.562. The van der Waals surface area contributed by atoms with E-state index in [1.54, 1.807) is 4.68 Å². The molecule has 0 atom stereocenters. The van der Waals surface area contributed by atoms with Crippen LogP contribution in [0.4, 0.5) is 0 Å². The van der Waals surface area contributed by atoms with Crippen molar-refractivity contribution in [1.29, 1.82) is 0 Å². The number of carbonyl (C=O) groups is 1. The molecule has 1 aromatic heterocycles. The van der Waals surface area contributed by atoms with Crippen LogP contribution in [-0.4, -0.2) is 39.3 Å². The Kier molecular flexibility index (Phi) is 4.81. The van der Waals surface area contributed by atoms with Crippen LogP contribution >= 0.6 is 0 Å². The molecule has 1 N–H and O–H groups in total. The number of aryl methyl sites for hydroxylation is 1. The van der Waals surface area contributed by atoms with Crippen LogP contribution in [0.2, 0.25) is 0 Å². The maximum absolute atomic E-state index is 11.8. The average Bonchev–Trinajstić information content (AvgIpc) is 2.64. The Morgan fingerprint density at radius 2 is 2.05 bits per heavy atom. The summed E-state index contributed by atoms with van der Waals surface area (Å²) in [6, 6.07) is 0. The van der Waals surface area contributed by atoms with Crippen LogP contribution in [-0.2, 0) is 18.4 Å². The fraction of sp³-hybridized carbons (Fsp3) is 0.733. The Morgan fingerprint density at radius 1 is 1.40 bits per heavy atom. The lowest BCUT2D eigenvalue weighted by atomic mass is 9.80. The van der Waals surface area contributed by atoms with Gasteiger partial charge >= 0.3 is 5.97 Å². The molecule has 1 fully saturated rings. The Labute approximate surface area is 120 Å². The van der Waals surface area contributed by atoms with Crippen molar-refractivity contribution in [3.63, 3.8) is 0 Å². The number of hydrogen-bond donors (Lipinski definition) is 1. The van der Waals surface area contributed by atoms with Gasteiger partial charge in [-0.25, -0.2) is 0 Å². The van der Waals surface area contributed by atoms with E-state index >= 15 is 0 Å². The number of aliphatic carboxylic acids is 1. The van der Waals surface area contributed by atoms with Gasteiger partial charge in [0.25, 0.3) is 0 Å². The highest BCUT2D eigenvalue weighted by molar-refractivity contribution is 5.75. The number of hydrogen-bond acceptors (Lipinski definition) is 3. The van der Waals surface area contributed by atoms with Gasteiger partial charge in [-0.3, -0.25) is 9.48 Å². The summed E-state index contributed by atoms with van der Waals surface area (Å²) in [6.07, 6.45) is 9.84. The summed E-state index contributed by atoms with van der Waals surface area (Å²) in [5.41, 5.74) is 0.567. The maximum Gasteiger partial charge on any atom is 0.310 e. The van der Waals surface area contributed by atoms with E-state index in [0.717, 1.165) is 37.8 Å². The second kappa shape index (κ2) is 6.39. The predicted octanol–water partition coefficient (Wildman–Crippen LogP) is 2.28. The van der Waals surface area contributed by atoms with E-state index in [9.17, 15) is 9.90 Å². The van der Waals surface area contributed by atoms with Gasteiger partial charge in [-0.2, -0.15) is 5.10 Å². The van der Waals surface area contributed by atoms with Crippen LogP contribution < -0.4 is 0 Å². The smallest absolute Gasteiger partial charge is 0.310 e. The Bertz CT molecular complexity index is 448. The molecule has 0 saturated heterocycles. The molecule has 112 valence electrons. The van der Waals surface area contributed by atoms with Crippen LogP contribution in [0.5, 0.6) is 0 Å². The molecule has 20 heavy (non-hydrogen) atoms. The third-order valence-corrected chi connectivity index (χ3v) is 4.30. The third-order valence-electron chi connectivity index (χ3n) is 4.30. The molecular formula is C15H25N3O2. The summed E-state index contributed by atoms with van der Waals surface area (Å²) >= 11 is 0. The topological polar surface area (TPSA) is 58.4 Å². The molecule has 0 amide bonds. The van der Waals surface area contributed by atoms with E-state index in [2.05, 4.69) is 10.00 Å². The Morgan fingerprint density at radius 3 is 2.55 bits per heavy atom. The lowest BCUT2D eigenvalue weighted by Crippen LogP contribution is -2.41. The highest BCUT2D eigenvalue weighted by Crippen LogP contribution is 2.36. The zero-order chi connectivity index (χ0) is 14.6. The highest BCUT2D eigenvalue weighted by atomic mass is 16.4. The molecule has 0 bridgehead atoms. The number of aromatic nitrogens is 2. The largest absolute Gasteiger partial charge is 0.481 e. The lowest BCUT2D eigenvalue weighted by Gasteiger charge is -2.32. The normalized spacial score (nSPS) is 18.9. The average molecular weight is 279 g/mol. The van der Waals surface area contributed by atoms with Gasteiger partial charge in [-0.15, -0.1) is 0 Å². The van der Waals surface area contributed by atoms with Gasteiger partial charge in [0.1, 0.15) is 0 Å². The second-order valence-electron chi connectivity index (χ2n) is 6.19. The molecule has 1 aliphatic carbocycles. The van der Waals surface area contributed by atoms with Gasteiger partial charge in [-0.05, 0) is 19.9 Å². The van der Waals surface area contributed by atoms with Gasteiger partial charge < -0.3 is 10.0 Å². The summed E-state index contributed by atoms with van der Waals surface area (Å²) in [6.45, 7) is 1.38. The Balaban J connectivity index is 2.01. The lowest BCUT2D eigenvalue weighted by molar-refractivity contribution is -0.151. The summed E-state index contributed by atoms with van der Waals surface area (Å²) in [5.74, 6) is -0.627. The molecule has 1 aromatic rings. The molecule has 2 rings (SSSR count). The molecular weight excluding hydrogens is 254 g/mol. The van der Waals surface area contributed by atoms with Crippen molar-refractivity contribution >= 4 is 5.97 Å². The molecule has 1 heterocycles. The van der Waals surface area contributed by atoms with Crippen molar-refractivity contribution in [3.8, 4) is 0 Å². The van der Waals surface area contributed by atoms with E-state index < -0.39 is 11.4 Å². The van der Waals surface area contributed by atoms with Crippen molar-refractivity contribution in [2.45, 2.75) is 45.1 Å². The van der Waals surface area contributed by atoms with E-state index in [0.29, 0.717) is 6.54 Å². The van der Waals surface area contributed by atoms with Crippen LogP contribution in [0.1, 0.15) is 44.1 Å². The maximum atomic E-state index is 11.8. The first kappa shape index (κ1) is 15.0. The van der Waals surface area contributed by atoms with Crippen LogP contribution in [0.25, 0.3) is 0 Å². The molecule has 0 spiro atoms. The third kappa shape index (κ3) is 3.60. The fourth-order valence-corrected chi connectivity index (χ4v) is 3.28. The van der Waals surface area contributed by atoms with Crippen molar-refractivity contribution in [1.82, 2.24) is 14.7 Å². The van der Waals surface area contributed by atoms with Crippen molar-refractivity contribution < 1.29 is 9.90 Å². The first-order chi connectivity index (χ1) is 9.52. The molecule has 5 heteroatoms. The van der Waals surface area contributed by atoms with E-state index in [-0.39, 0.29) is 0 Å². The monoisotopic (exact) mass is 279 g/mol. The van der Waals surface area contributed by atoms with Crippen molar-refractivity contribution in [2.24, 2.45) is 12.5 Å². The van der Waals surface area contributed by atoms with Gasteiger partial charge in [0.15, 0.2) is 0 Å². The molecule has 0 aromatic carbocycles. The minimum Gasteiger partial charge on any atom is -0.481 e. The zero-order valence-corrected chi connectivity index (χ0v) is 12.5. The zero-order valence-electron chi connectivity index (χ0n) is 12.5. The van der Waals surface area contributed by atoms with Crippen LogP contribution in [0.15, 0.2) is 12.4 Å². The summed E-state index contributed by atoms with van der Waals surface area (Å²) in [4.78, 5) is 13.9. The first-order valence-electron chi connectivity index (χ1n) is 7.41. The quantitative estimate of drug-likeness (QED) is 0.840. The minimum atomic E-state index is -0.627. The van der Waals surface area contributed by atoms with Gasteiger partial charge in [0.2, 0.25) is 0 Å². The van der Waals surface area contributed by atoms with Crippen molar-refractivity contribution in [2.75, 3.05) is 13.6 Å². The number of carboxylic acids is 1. The van der Waals surface area contributed by atoms with Crippen LogP contribution in [0, 0.1) is 5.41 Å². The molecule has 0 aliphatic heterocycles. The van der Waals surface area contributed by atoms with E-state index in [1.807, 2.05) is 26.5 Å². The van der Waals surface area contributed by atoms with Crippen LogP contribution in [0.3, 0.4) is 0 Å². The standard InChI is InChI=1S/C15H25N3O2/c1-17(10-13-9-16-18(2)11-13)12-15(14(19)20)7-5-3-4-6-8-15/h9,11H,3-8,10,12H2,1-2H3,(H,19,20). The van der Waals surface area contributed by atoms with Gasteiger partial charge in [0, 0.05) is 31.9 Å². The Hall–Kier alpha value is -1.36. The van der Waals surface area contributed by atoms with Gasteiger partial charge in [0.05, 0.1) is 11.6 Å². The predicted molar refractivity (Wildman–Crippen MR) is 77.3 cm³/mol. The van der Waals surface area contributed by atoms with Gasteiger partial charge in [-0.1, -0.05) is 25.7 Å². The number of carboxylic acid groups (broad SMARTS) is 1. The van der Waals surface area contributed by atoms with E-state index in [1.165, 1.54) is 12.8 Å². The van der Waals surface area contributed by atoms with E-state index in [4.69, 9.17) is 0 Å². The molecule has 0 radical (unpaired) electrons. The molecule has 0 unspecified atom stereocenters. The molecule has 1 saturated carbocycles. The second-order valence-corrected chi connectivity index (χ2v) is 6.19. The molecule has 5 nitrogen and oxygen atoms in total. The SMILES string of the molecule is CN(Cc1cnn(C)c1)CC1(C(=O)O)CCCCCC1. The molecule has 1 aliphatic rings. The number of rotatable bonds is 5. The summed E-state index contributed by atoms with van der Waals surface area (Å²) < 4.78 is 1.78.